The van der Waals surface area contributed by atoms with Gasteiger partial charge in [-0.2, -0.15) is 0 Å². The van der Waals surface area contributed by atoms with E-state index in [0.717, 1.165) is 11.4 Å². The molecule has 0 atom stereocenters. The maximum atomic E-state index is 8.85. The van der Waals surface area contributed by atoms with Gasteiger partial charge in [0.2, 0.25) is 0 Å². The predicted molar refractivity (Wildman–Crippen MR) is 58.8 cm³/mol. The third-order valence-corrected chi connectivity index (χ3v) is 3.99. The normalized spacial score (nSPS) is 17.9. The van der Waals surface area contributed by atoms with Crippen molar-refractivity contribution in [2.24, 2.45) is 0 Å². The summed E-state index contributed by atoms with van der Waals surface area (Å²) in [6.45, 7) is 2.38. The lowest BCUT2D eigenvalue weighted by Gasteiger charge is -2.05. The van der Waals surface area contributed by atoms with Crippen molar-refractivity contribution in [1.29, 1.82) is 0 Å². The molecule has 1 N–H and O–H groups in total. The quantitative estimate of drug-likeness (QED) is 0.833. The summed E-state index contributed by atoms with van der Waals surface area (Å²) in [5.41, 5.74) is 1.32. The van der Waals surface area contributed by atoms with Crippen molar-refractivity contribution in [1.82, 2.24) is 4.98 Å². The van der Waals surface area contributed by atoms with Crippen LogP contribution in [-0.2, 0) is 6.42 Å². The van der Waals surface area contributed by atoms with E-state index >= 15 is 0 Å². The van der Waals surface area contributed by atoms with Gasteiger partial charge in [-0.1, -0.05) is 12.8 Å². The highest BCUT2D eigenvalue weighted by molar-refractivity contribution is 7.11. The van der Waals surface area contributed by atoms with E-state index < -0.39 is 0 Å². The van der Waals surface area contributed by atoms with E-state index in [4.69, 9.17) is 5.11 Å². The summed E-state index contributed by atoms with van der Waals surface area (Å²) in [7, 11) is 0. The van der Waals surface area contributed by atoms with Crippen molar-refractivity contribution in [3.05, 3.63) is 15.6 Å². The number of hydrogen-bond donors (Lipinski definition) is 1. The van der Waals surface area contributed by atoms with Gasteiger partial charge in [0.15, 0.2) is 0 Å². The van der Waals surface area contributed by atoms with Crippen molar-refractivity contribution >= 4 is 11.3 Å². The Morgan fingerprint density at radius 1 is 1.43 bits per heavy atom. The first-order chi connectivity index (χ1) is 6.81. The zero-order valence-electron chi connectivity index (χ0n) is 8.62. The Hall–Kier alpha value is -0.410. The monoisotopic (exact) mass is 211 g/mol. The Bertz CT molecular complexity index is 302. The first-order valence-corrected chi connectivity index (χ1v) is 6.20. The highest BCUT2D eigenvalue weighted by atomic mass is 32.1. The summed E-state index contributed by atoms with van der Waals surface area (Å²) >= 11 is 1.75. The minimum Gasteiger partial charge on any atom is -0.396 e. The van der Waals surface area contributed by atoms with Gasteiger partial charge in [0.1, 0.15) is 0 Å². The number of aliphatic hydroxyl groups excluding tert-OH is 1. The largest absolute Gasteiger partial charge is 0.396 e. The average molecular weight is 211 g/mol. The lowest BCUT2D eigenvalue weighted by Crippen LogP contribution is -1.96. The molecule has 2 rings (SSSR count). The number of aromatic nitrogens is 1. The van der Waals surface area contributed by atoms with Crippen molar-refractivity contribution in [3.8, 4) is 0 Å². The van der Waals surface area contributed by atoms with Crippen LogP contribution in [0.25, 0.3) is 0 Å². The van der Waals surface area contributed by atoms with Gasteiger partial charge in [-0.25, -0.2) is 4.98 Å². The SMILES string of the molecule is Cc1sc(CCO)nc1C1CCCC1. The van der Waals surface area contributed by atoms with Gasteiger partial charge in [-0.3, -0.25) is 0 Å². The van der Waals surface area contributed by atoms with Crippen LogP contribution in [0.5, 0.6) is 0 Å². The molecule has 78 valence electrons. The number of nitrogens with zero attached hydrogens (tertiary/aromatic N) is 1. The van der Waals surface area contributed by atoms with Crippen LogP contribution in [-0.4, -0.2) is 16.7 Å². The standard InChI is InChI=1S/C11H17NOS/c1-8-11(9-4-2-3-5-9)12-10(14-8)6-7-13/h9,13H,2-7H2,1H3. The molecule has 14 heavy (non-hydrogen) atoms. The smallest absolute Gasteiger partial charge is 0.0953 e. The zero-order chi connectivity index (χ0) is 9.97. The minimum atomic E-state index is 0.219. The third-order valence-electron chi connectivity index (χ3n) is 2.94. The van der Waals surface area contributed by atoms with E-state index in [0.29, 0.717) is 5.92 Å². The summed E-state index contributed by atoms with van der Waals surface area (Å²) in [6.07, 6.45) is 6.05. The molecule has 0 amide bonds. The average Bonchev–Trinajstić information content (AvgIpc) is 2.74. The van der Waals surface area contributed by atoms with E-state index in [1.165, 1.54) is 36.3 Å². The van der Waals surface area contributed by atoms with Gasteiger partial charge in [0.05, 0.1) is 10.7 Å². The summed E-state index contributed by atoms with van der Waals surface area (Å²) < 4.78 is 0. The summed E-state index contributed by atoms with van der Waals surface area (Å²) in [4.78, 5) is 6.00. The second kappa shape index (κ2) is 4.41. The van der Waals surface area contributed by atoms with Crippen molar-refractivity contribution < 1.29 is 5.11 Å². The number of hydrogen-bond acceptors (Lipinski definition) is 3. The maximum absolute atomic E-state index is 8.85. The van der Waals surface area contributed by atoms with Gasteiger partial charge >= 0.3 is 0 Å². The topological polar surface area (TPSA) is 33.1 Å². The molecule has 0 bridgehead atoms. The van der Waals surface area contributed by atoms with Crippen LogP contribution < -0.4 is 0 Å². The molecule has 0 unspecified atom stereocenters. The van der Waals surface area contributed by atoms with Gasteiger partial charge in [0.25, 0.3) is 0 Å². The van der Waals surface area contributed by atoms with Crippen LogP contribution in [0.1, 0.15) is 47.2 Å². The molecule has 1 saturated carbocycles. The summed E-state index contributed by atoms with van der Waals surface area (Å²) in [5.74, 6) is 0.707. The van der Waals surface area contributed by atoms with Crippen LogP contribution in [0.4, 0.5) is 0 Å². The molecule has 1 aliphatic rings. The maximum Gasteiger partial charge on any atom is 0.0953 e. The van der Waals surface area contributed by atoms with E-state index in [2.05, 4.69) is 11.9 Å². The Morgan fingerprint density at radius 2 is 2.14 bits per heavy atom. The lowest BCUT2D eigenvalue weighted by atomic mass is 10.0. The second-order valence-corrected chi connectivity index (χ2v) is 5.29. The summed E-state index contributed by atoms with van der Waals surface area (Å²) in [6, 6.07) is 0. The highest BCUT2D eigenvalue weighted by Crippen LogP contribution is 2.36. The molecule has 2 nitrogen and oxygen atoms in total. The number of aliphatic hydroxyl groups is 1. The number of thiazole rings is 1. The van der Waals surface area contributed by atoms with Gasteiger partial charge in [-0.05, 0) is 19.8 Å². The fourth-order valence-corrected chi connectivity index (χ4v) is 3.25. The van der Waals surface area contributed by atoms with Crippen LogP contribution in [0.3, 0.4) is 0 Å². The Labute approximate surface area is 89.0 Å². The highest BCUT2D eigenvalue weighted by Gasteiger charge is 2.21. The number of aryl methyl sites for hydroxylation is 1. The van der Waals surface area contributed by atoms with Crippen LogP contribution >= 0.6 is 11.3 Å². The summed E-state index contributed by atoms with van der Waals surface area (Å²) in [5, 5.41) is 9.96. The lowest BCUT2D eigenvalue weighted by molar-refractivity contribution is 0.299. The van der Waals surface area contributed by atoms with Crippen LogP contribution in [0.2, 0.25) is 0 Å². The first-order valence-electron chi connectivity index (χ1n) is 5.38. The Balaban J connectivity index is 2.15. The molecule has 1 fully saturated rings. The Morgan fingerprint density at radius 3 is 2.79 bits per heavy atom. The molecule has 1 heterocycles. The molecule has 0 saturated heterocycles. The van der Waals surface area contributed by atoms with E-state index in [1.54, 1.807) is 11.3 Å². The van der Waals surface area contributed by atoms with Crippen molar-refractivity contribution in [3.63, 3.8) is 0 Å². The molecule has 1 aliphatic carbocycles. The van der Waals surface area contributed by atoms with E-state index in [1.807, 2.05) is 0 Å². The van der Waals surface area contributed by atoms with E-state index in [9.17, 15) is 0 Å². The second-order valence-electron chi connectivity index (χ2n) is 4.00. The zero-order valence-corrected chi connectivity index (χ0v) is 9.44. The fraction of sp³-hybridized carbons (Fsp3) is 0.727. The van der Waals surface area contributed by atoms with Crippen molar-refractivity contribution in [2.45, 2.75) is 44.9 Å². The van der Waals surface area contributed by atoms with Crippen LogP contribution in [0.15, 0.2) is 0 Å². The predicted octanol–water partition coefficient (Wildman–Crippen LogP) is 2.64. The molecule has 1 aromatic heterocycles. The minimum absolute atomic E-state index is 0.219. The molecule has 0 aliphatic heterocycles. The van der Waals surface area contributed by atoms with Crippen molar-refractivity contribution in [2.75, 3.05) is 6.61 Å². The third kappa shape index (κ3) is 1.98. The van der Waals surface area contributed by atoms with Gasteiger partial charge < -0.3 is 5.11 Å². The molecule has 1 aromatic rings. The van der Waals surface area contributed by atoms with Gasteiger partial charge in [-0.15, -0.1) is 11.3 Å². The fourth-order valence-electron chi connectivity index (χ4n) is 2.25. The molecular formula is C11H17NOS. The van der Waals surface area contributed by atoms with Crippen LogP contribution in [0, 0.1) is 6.92 Å². The number of rotatable bonds is 3. The molecule has 0 spiro atoms. The van der Waals surface area contributed by atoms with E-state index in [-0.39, 0.29) is 6.61 Å². The Kier molecular flexibility index (Phi) is 3.19. The molecule has 3 heteroatoms. The molecular weight excluding hydrogens is 194 g/mol. The first kappa shape index (κ1) is 10.1. The van der Waals surface area contributed by atoms with Gasteiger partial charge in [0, 0.05) is 23.8 Å². The molecule has 0 aromatic carbocycles. The molecule has 0 radical (unpaired) electrons.